The molecule has 0 aliphatic carbocycles. The summed E-state index contributed by atoms with van der Waals surface area (Å²) in [7, 11) is 1.80. The van der Waals surface area contributed by atoms with E-state index in [-0.39, 0.29) is 12.1 Å². The van der Waals surface area contributed by atoms with Gasteiger partial charge in [-0.15, -0.1) is 0 Å². The number of hydrogen-bond acceptors (Lipinski definition) is 2. The number of urea groups is 1. The van der Waals surface area contributed by atoms with Crippen LogP contribution in [0.1, 0.15) is 20.3 Å². The molecule has 1 rings (SSSR count). The molecule has 1 aliphatic rings. The first-order valence-electron chi connectivity index (χ1n) is 5.25. The van der Waals surface area contributed by atoms with Gasteiger partial charge in [-0.2, -0.15) is 0 Å². The molecule has 2 amide bonds. The fourth-order valence-electron chi connectivity index (χ4n) is 1.54. The van der Waals surface area contributed by atoms with Gasteiger partial charge in [0.2, 0.25) is 0 Å². The Morgan fingerprint density at radius 2 is 2.36 bits per heavy atom. The molecule has 4 heteroatoms. The van der Waals surface area contributed by atoms with Crippen molar-refractivity contribution in [3.8, 4) is 0 Å². The van der Waals surface area contributed by atoms with Crippen LogP contribution in [0.2, 0.25) is 0 Å². The summed E-state index contributed by atoms with van der Waals surface area (Å²) in [5.74, 6) is 0.476. The lowest BCUT2D eigenvalue weighted by atomic mass is 10.0. The summed E-state index contributed by atoms with van der Waals surface area (Å²) in [6, 6.07) is 0.00611. The van der Waals surface area contributed by atoms with Crippen LogP contribution in [-0.2, 0) is 4.74 Å². The van der Waals surface area contributed by atoms with Crippen molar-refractivity contribution in [3.05, 3.63) is 0 Å². The summed E-state index contributed by atoms with van der Waals surface area (Å²) in [4.78, 5) is 13.1. The molecule has 0 aromatic rings. The molecular weight excluding hydrogens is 180 g/mol. The summed E-state index contributed by atoms with van der Waals surface area (Å²) < 4.78 is 5.42. The van der Waals surface area contributed by atoms with Gasteiger partial charge in [0.25, 0.3) is 0 Å². The number of rotatable bonds is 3. The van der Waals surface area contributed by atoms with E-state index in [9.17, 15) is 4.79 Å². The van der Waals surface area contributed by atoms with E-state index in [1.807, 2.05) is 6.92 Å². The smallest absolute Gasteiger partial charge is 0.317 e. The van der Waals surface area contributed by atoms with Crippen LogP contribution in [0.15, 0.2) is 0 Å². The molecule has 2 unspecified atom stereocenters. The molecule has 1 N–H and O–H groups in total. The van der Waals surface area contributed by atoms with Crippen molar-refractivity contribution in [1.29, 1.82) is 0 Å². The van der Waals surface area contributed by atoms with Crippen LogP contribution in [0.5, 0.6) is 0 Å². The van der Waals surface area contributed by atoms with Crippen LogP contribution in [0.4, 0.5) is 4.79 Å². The highest BCUT2D eigenvalue weighted by Crippen LogP contribution is 2.19. The lowest BCUT2D eigenvalue weighted by Crippen LogP contribution is -2.40. The van der Waals surface area contributed by atoms with Crippen molar-refractivity contribution in [2.45, 2.75) is 26.4 Å². The van der Waals surface area contributed by atoms with Crippen LogP contribution >= 0.6 is 0 Å². The quantitative estimate of drug-likeness (QED) is 0.740. The fourth-order valence-corrected chi connectivity index (χ4v) is 1.54. The lowest BCUT2D eigenvalue weighted by molar-refractivity contribution is 0.105. The monoisotopic (exact) mass is 200 g/mol. The number of amides is 2. The van der Waals surface area contributed by atoms with Crippen LogP contribution in [0.25, 0.3) is 0 Å². The highest BCUT2D eigenvalue weighted by molar-refractivity contribution is 5.73. The number of hydrogen-bond donors (Lipinski definition) is 1. The maximum atomic E-state index is 11.4. The Kier molecular flexibility index (Phi) is 4.20. The second-order valence-electron chi connectivity index (χ2n) is 3.82. The molecule has 0 spiro atoms. The third-order valence-electron chi connectivity index (χ3n) is 2.87. The van der Waals surface area contributed by atoms with Crippen molar-refractivity contribution >= 4 is 6.03 Å². The van der Waals surface area contributed by atoms with Gasteiger partial charge < -0.3 is 15.0 Å². The van der Waals surface area contributed by atoms with E-state index in [4.69, 9.17) is 4.74 Å². The first-order valence-corrected chi connectivity index (χ1v) is 5.25. The predicted molar refractivity (Wildman–Crippen MR) is 55.2 cm³/mol. The Morgan fingerprint density at radius 3 is 2.86 bits per heavy atom. The number of nitrogens with zero attached hydrogens (tertiary/aromatic N) is 1. The lowest BCUT2D eigenvalue weighted by Gasteiger charge is -2.19. The number of ether oxygens (including phenoxy) is 1. The number of nitrogens with one attached hydrogen (secondary N) is 1. The Hall–Kier alpha value is -0.770. The largest absolute Gasteiger partial charge is 0.378 e. The number of carbonyl (C=O) groups excluding carboxylic acids is 1. The SMILES string of the molecule is CCN(C)C(=O)NCC1CCOC1C. The molecule has 0 aromatic heterocycles. The van der Waals surface area contributed by atoms with Crippen molar-refractivity contribution < 1.29 is 9.53 Å². The average Bonchev–Trinajstić information content (AvgIpc) is 2.59. The molecule has 1 saturated heterocycles. The summed E-state index contributed by atoms with van der Waals surface area (Å²) in [5, 5.41) is 2.91. The average molecular weight is 200 g/mol. The van der Waals surface area contributed by atoms with Gasteiger partial charge in [0.15, 0.2) is 0 Å². The predicted octanol–water partition coefficient (Wildman–Crippen LogP) is 1.07. The van der Waals surface area contributed by atoms with E-state index in [1.54, 1.807) is 11.9 Å². The van der Waals surface area contributed by atoms with E-state index in [0.717, 1.165) is 26.1 Å². The van der Waals surface area contributed by atoms with Gasteiger partial charge in [0.1, 0.15) is 0 Å². The molecule has 4 nitrogen and oxygen atoms in total. The van der Waals surface area contributed by atoms with E-state index in [2.05, 4.69) is 12.2 Å². The van der Waals surface area contributed by atoms with Crippen LogP contribution in [-0.4, -0.2) is 43.8 Å². The van der Waals surface area contributed by atoms with Crippen molar-refractivity contribution in [3.63, 3.8) is 0 Å². The topological polar surface area (TPSA) is 41.6 Å². The highest BCUT2D eigenvalue weighted by atomic mass is 16.5. The fraction of sp³-hybridized carbons (Fsp3) is 0.900. The standard InChI is InChI=1S/C10H20N2O2/c1-4-12(3)10(13)11-7-9-5-6-14-8(9)2/h8-9H,4-7H2,1-3H3,(H,11,13). The molecule has 0 aromatic carbocycles. The molecule has 0 saturated carbocycles. The minimum absolute atomic E-state index is 0.00611. The Morgan fingerprint density at radius 1 is 1.64 bits per heavy atom. The van der Waals surface area contributed by atoms with Crippen molar-refractivity contribution in [2.75, 3.05) is 26.7 Å². The Bertz CT molecular complexity index is 197. The molecule has 1 aliphatic heterocycles. The second kappa shape index (κ2) is 5.20. The van der Waals surface area contributed by atoms with Gasteiger partial charge in [0, 0.05) is 32.7 Å². The molecule has 2 atom stereocenters. The summed E-state index contributed by atoms with van der Waals surface area (Å²) >= 11 is 0. The summed E-state index contributed by atoms with van der Waals surface area (Å²) in [5.41, 5.74) is 0. The van der Waals surface area contributed by atoms with Crippen molar-refractivity contribution in [1.82, 2.24) is 10.2 Å². The Balaban J connectivity index is 2.22. The molecule has 14 heavy (non-hydrogen) atoms. The van der Waals surface area contributed by atoms with Gasteiger partial charge >= 0.3 is 6.03 Å². The highest BCUT2D eigenvalue weighted by Gasteiger charge is 2.24. The molecule has 0 radical (unpaired) electrons. The summed E-state index contributed by atoms with van der Waals surface area (Å²) in [6.45, 7) is 6.31. The zero-order chi connectivity index (χ0) is 10.6. The maximum absolute atomic E-state index is 11.4. The second-order valence-corrected chi connectivity index (χ2v) is 3.82. The van der Waals surface area contributed by atoms with E-state index < -0.39 is 0 Å². The van der Waals surface area contributed by atoms with Gasteiger partial charge in [-0.3, -0.25) is 0 Å². The van der Waals surface area contributed by atoms with Gasteiger partial charge in [-0.25, -0.2) is 4.79 Å². The zero-order valence-corrected chi connectivity index (χ0v) is 9.25. The van der Waals surface area contributed by atoms with E-state index >= 15 is 0 Å². The number of carbonyl (C=O) groups is 1. The van der Waals surface area contributed by atoms with Crippen LogP contribution in [0, 0.1) is 5.92 Å². The minimum atomic E-state index is 0.00611. The Labute approximate surface area is 85.6 Å². The normalized spacial score (nSPS) is 26.2. The molecule has 0 bridgehead atoms. The van der Waals surface area contributed by atoms with Gasteiger partial charge in [0.05, 0.1) is 6.10 Å². The van der Waals surface area contributed by atoms with Crippen LogP contribution in [0.3, 0.4) is 0 Å². The third-order valence-corrected chi connectivity index (χ3v) is 2.87. The third kappa shape index (κ3) is 2.87. The molecule has 1 heterocycles. The van der Waals surface area contributed by atoms with Crippen molar-refractivity contribution in [2.24, 2.45) is 5.92 Å². The zero-order valence-electron chi connectivity index (χ0n) is 9.25. The maximum Gasteiger partial charge on any atom is 0.317 e. The van der Waals surface area contributed by atoms with Gasteiger partial charge in [-0.05, 0) is 20.3 Å². The summed E-state index contributed by atoms with van der Waals surface area (Å²) in [6.07, 6.45) is 1.33. The minimum Gasteiger partial charge on any atom is -0.378 e. The van der Waals surface area contributed by atoms with Gasteiger partial charge in [-0.1, -0.05) is 0 Å². The molecular formula is C10H20N2O2. The first-order chi connectivity index (χ1) is 6.65. The molecule has 1 fully saturated rings. The molecule has 82 valence electrons. The first kappa shape index (κ1) is 11.3. The van der Waals surface area contributed by atoms with E-state index in [0.29, 0.717) is 5.92 Å². The van der Waals surface area contributed by atoms with Crippen LogP contribution < -0.4 is 5.32 Å². The van der Waals surface area contributed by atoms with E-state index in [1.165, 1.54) is 0 Å².